The van der Waals surface area contributed by atoms with Crippen LogP contribution in [0.3, 0.4) is 0 Å². The Bertz CT molecular complexity index is 400. The largest absolute Gasteiger partial charge is 0.368 e. The molecule has 16 heavy (non-hydrogen) atoms. The van der Waals surface area contributed by atoms with Crippen LogP contribution in [0.15, 0.2) is 18.2 Å². The molecule has 1 aromatic carbocycles. The summed E-state index contributed by atoms with van der Waals surface area (Å²) in [5.74, 6) is -0.542. The second kappa shape index (κ2) is 4.61. The fraction of sp³-hybridized carbons (Fsp3) is 0.417. The van der Waals surface area contributed by atoms with Gasteiger partial charge in [-0.2, -0.15) is 0 Å². The van der Waals surface area contributed by atoms with E-state index in [1.54, 1.807) is 6.07 Å². The van der Waals surface area contributed by atoms with Gasteiger partial charge < -0.3 is 10.1 Å². The topological polar surface area (TPSA) is 38.3 Å². The maximum atomic E-state index is 13.0. The molecule has 1 fully saturated rings. The molecule has 0 radical (unpaired) electrons. The lowest BCUT2D eigenvalue weighted by atomic mass is 10.1. The Morgan fingerprint density at radius 3 is 3.06 bits per heavy atom. The zero-order valence-corrected chi connectivity index (χ0v) is 9.13. The molecule has 86 valence electrons. The number of hydrogen-bond acceptors (Lipinski definition) is 2. The quantitative estimate of drug-likeness (QED) is 0.835. The molecule has 1 N–H and O–H groups in total. The molecule has 0 aromatic heterocycles. The molecule has 0 bridgehead atoms. The average molecular weight is 223 g/mol. The van der Waals surface area contributed by atoms with E-state index in [9.17, 15) is 9.18 Å². The second-order valence-corrected chi connectivity index (χ2v) is 3.95. The van der Waals surface area contributed by atoms with Crippen LogP contribution in [0, 0.1) is 12.7 Å². The molecule has 0 unspecified atom stereocenters. The maximum absolute atomic E-state index is 13.0. The summed E-state index contributed by atoms with van der Waals surface area (Å²) in [6.45, 7) is 2.45. The molecule has 1 aliphatic rings. The van der Waals surface area contributed by atoms with Gasteiger partial charge in [0.2, 0.25) is 0 Å². The van der Waals surface area contributed by atoms with Crippen molar-refractivity contribution in [2.24, 2.45) is 0 Å². The number of halogens is 1. The van der Waals surface area contributed by atoms with Gasteiger partial charge in [-0.15, -0.1) is 0 Å². The fourth-order valence-corrected chi connectivity index (χ4v) is 1.73. The van der Waals surface area contributed by atoms with Crippen molar-refractivity contribution in [1.82, 2.24) is 0 Å². The first-order valence-electron chi connectivity index (χ1n) is 5.35. The first-order chi connectivity index (χ1) is 7.66. The molecule has 1 saturated heterocycles. The lowest BCUT2D eigenvalue weighted by Crippen LogP contribution is -2.27. The van der Waals surface area contributed by atoms with E-state index in [2.05, 4.69) is 5.32 Å². The molecule has 1 heterocycles. The van der Waals surface area contributed by atoms with Crippen LogP contribution in [0.1, 0.15) is 18.4 Å². The number of ether oxygens (including phenoxy) is 1. The van der Waals surface area contributed by atoms with Crippen molar-refractivity contribution in [2.45, 2.75) is 25.9 Å². The van der Waals surface area contributed by atoms with Gasteiger partial charge in [-0.25, -0.2) is 4.39 Å². The summed E-state index contributed by atoms with van der Waals surface area (Å²) in [6, 6.07) is 4.33. The van der Waals surface area contributed by atoms with Crippen molar-refractivity contribution in [3.8, 4) is 0 Å². The summed E-state index contributed by atoms with van der Waals surface area (Å²) in [5.41, 5.74) is 1.35. The van der Waals surface area contributed by atoms with Gasteiger partial charge in [0.05, 0.1) is 0 Å². The van der Waals surface area contributed by atoms with Gasteiger partial charge in [0, 0.05) is 12.3 Å². The van der Waals surface area contributed by atoms with Crippen LogP contribution in [-0.2, 0) is 9.53 Å². The Morgan fingerprint density at radius 2 is 2.38 bits per heavy atom. The van der Waals surface area contributed by atoms with E-state index in [0.29, 0.717) is 12.3 Å². The highest BCUT2D eigenvalue weighted by Gasteiger charge is 2.23. The smallest absolute Gasteiger partial charge is 0.253 e. The van der Waals surface area contributed by atoms with Crippen molar-refractivity contribution in [3.63, 3.8) is 0 Å². The molecular weight excluding hydrogens is 209 g/mol. The van der Waals surface area contributed by atoms with Crippen LogP contribution in [0.5, 0.6) is 0 Å². The number of nitrogens with one attached hydrogen (secondary N) is 1. The molecule has 0 spiro atoms. The van der Waals surface area contributed by atoms with Gasteiger partial charge in [-0.05, 0) is 37.5 Å². The minimum atomic E-state index is -0.386. The summed E-state index contributed by atoms with van der Waals surface area (Å²) < 4.78 is 18.2. The van der Waals surface area contributed by atoms with Crippen molar-refractivity contribution in [2.75, 3.05) is 11.9 Å². The number of amides is 1. The number of carbonyl (C=O) groups excluding carboxylic acids is 1. The Morgan fingerprint density at radius 1 is 1.56 bits per heavy atom. The Balaban J connectivity index is 2.07. The predicted molar refractivity (Wildman–Crippen MR) is 58.7 cm³/mol. The van der Waals surface area contributed by atoms with E-state index in [-0.39, 0.29) is 17.8 Å². The van der Waals surface area contributed by atoms with E-state index in [1.165, 1.54) is 12.1 Å². The first kappa shape index (κ1) is 11.1. The Kier molecular flexibility index (Phi) is 3.19. The molecule has 0 saturated carbocycles. The van der Waals surface area contributed by atoms with Gasteiger partial charge >= 0.3 is 0 Å². The van der Waals surface area contributed by atoms with Crippen molar-refractivity contribution < 1.29 is 13.9 Å². The van der Waals surface area contributed by atoms with Crippen molar-refractivity contribution >= 4 is 11.6 Å². The van der Waals surface area contributed by atoms with E-state index < -0.39 is 0 Å². The van der Waals surface area contributed by atoms with Crippen LogP contribution in [-0.4, -0.2) is 18.6 Å². The normalized spacial score (nSPS) is 19.8. The van der Waals surface area contributed by atoms with Crippen molar-refractivity contribution in [1.29, 1.82) is 0 Å². The van der Waals surface area contributed by atoms with E-state index in [0.717, 1.165) is 18.4 Å². The molecular formula is C12H14FNO2. The standard InChI is InChI=1S/C12H14FNO2/c1-8-4-5-9(13)7-10(8)14-12(15)11-3-2-6-16-11/h4-5,7,11H,2-3,6H2,1H3,(H,14,15)/t11-/m1/s1. The molecule has 1 amide bonds. The molecule has 2 rings (SSSR count). The molecule has 1 atom stereocenters. The van der Waals surface area contributed by atoms with Crippen LogP contribution in [0.4, 0.5) is 10.1 Å². The average Bonchev–Trinajstić information content (AvgIpc) is 2.76. The Labute approximate surface area is 93.6 Å². The third-order valence-corrected chi connectivity index (χ3v) is 2.68. The van der Waals surface area contributed by atoms with Crippen LogP contribution in [0.25, 0.3) is 0 Å². The minimum absolute atomic E-state index is 0.189. The first-order valence-corrected chi connectivity index (χ1v) is 5.35. The number of benzene rings is 1. The zero-order valence-electron chi connectivity index (χ0n) is 9.13. The third-order valence-electron chi connectivity index (χ3n) is 2.68. The number of carbonyl (C=O) groups is 1. The molecule has 1 aromatic rings. The monoisotopic (exact) mass is 223 g/mol. The Hall–Kier alpha value is -1.42. The number of rotatable bonds is 2. The number of hydrogen-bond donors (Lipinski definition) is 1. The van der Waals surface area contributed by atoms with Gasteiger partial charge in [0.25, 0.3) is 5.91 Å². The van der Waals surface area contributed by atoms with Gasteiger partial charge in [0.1, 0.15) is 11.9 Å². The number of aryl methyl sites for hydroxylation is 1. The highest BCUT2D eigenvalue weighted by molar-refractivity contribution is 5.94. The van der Waals surface area contributed by atoms with Gasteiger partial charge in [0.15, 0.2) is 0 Å². The van der Waals surface area contributed by atoms with Gasteiger partial charge in [-0.1, -0.05) is 6.07 Å². The number of anilines is 1. The van der Waals surface area contributed by atoms with Crippen LogP contribution in [0.2, 0.25) is 0 Å². The second-order valence-electron chi connectivity index (χ2n) is 3.95. The van der Waals surface area contributed by atoms with Crippen LogP contribution < -0.4 is 5.32 Å². The van der Waals surface area contributed by atoms with Crippen LogP contribution >= 0.6 is 0 Å². The molecule has 3 nitrogen and oxygen atoms in total. The highest BCUT2D eigenvalue weighted by atomic mass is 19.1. The summed E-state index contributed by atoms with van der Waals surface area (Å²) in [7, 11) is 0. The predicted octanol–water partition coefficient (Wildman–Crippen LogP) is 2.25. The van der Waals surface area contributed by atoms with E-state index >= 15 is 0 Å². The lowest BCUT2D eigenvalue weighted by molar-refractivity contribution is -0.124. The minimum Gasteiger partial charge on any atom is -0.368 e. The SMILES string of the molecule is Cc1ccc(F)cc1NC(=O)[C@H]1CCCO1. The summed E-state index contributed by atoms with van der Waals surface area (Å²) in [5, 5.41) is 2.69. The van der Waals surface area contributed by atoms with E-state index in [4.69, 9.17) is 4.74 Å². The fourth-order valence-electron chi connectivity index (χ4n) is 1.73. The zero-order chi connectivity index (χ0) is 11.5. The van der Waals surface area contributed by atoms with E-state index in [1.807, 2.05) is 6.92 Å². The molecule has 1 aliphatic heterocycles. The highest BCUT2D eigenvalue weighted by Crippen LogP contribution is 2.19. The van der Waals surface area contributed by atoms with Gasteiger partial charge in [-0.3, -0.25) is 4.79 Å². The van der Waals surface area contributed by atoms with Crippen molar-refractivity contribution in [3.05, 3.63) is 29.6 Å². The molecule has 0 aliphatic carbocycles. The third kappa shape index (κ3) is 2.39. The lowest BCUT2D eigenvalue weighted by Gasteiger charge is -2.12. The maximum Gasteiger partial charge on any atom is 0.253 e. The molecule has 4 heteroatoms. The summed E-state index contributed by atoms with van der Waals surface area (Å²) in [4.78, 5) is 11.7. The summed E-state index contributed by atoms with van der Waals surface area (Å²) in [6.07, 6.45) is 1.25. The summed E-state index contributed by atoms with van der Waals surface area (Å²) >= 11 is 0.